The van der Waals surface area contributed by atoms with E-state index < -0.39 is 0 Å². The predicted octanol–water partition coefficient (Wildman–Crippen LogP) is 2.31. The molecule has 82 valence electrons. The van der Waals surface area contributed by atoms with Gasteiger partial charge in [-0.15, -0.1) is 11.3 Å². The summed E-state index contributed by atoms with van der Waals surface area (Å²) in [6, 6.07) is 2.01. The lowest BCUT2D eigenvalue weighted by Gasteiger charge is -2.09. The van der Waals surface area contributed by atoms with Crippen molar-refractivity contribution in [3.8, 4) is 0 Å². The Morgan fingerprint density at radius 2 is 2.60 bits per heavy atom. The van der Waals surface area contributed by atoms with Crippen LogP contribution in [-0.2, 0) is 16.1 Å². The molecule has 0 bridgehead atoms. The van der Waals surface area contributed by atoms with Gasteiger partial charge in [0.05, 0.1) is 3.79 Å². The molecule has 1 atom stereocenters. The lowest BCUT2D eigenvalue weighted by Crippen LogP contribution is -2.33. The zero-order valence-electron chi connectivity index (χ0n) is 8.16. The van der Waals surface area contributed by atoms with Gasteiger partial charge < -0.3 is 10.1 Å². The van der Waals surface area contributed by atoms with Gasteiger partial charge in [0.25, 0.3) is 0 Å². The van der Waals surface area contributed by atoms with Crippen LogP contribution in [0.5, 0.6) is 0 Å². The van der Waals surface area contributed by atoms with Gasteiger partial charge in [0.2, 0.25) is 5.91 Å². The Morgan fingerprint density at radius 3 is 3.20 bits per heavy atom. The molecular formula is C10H12BrNO2S. The Morgan fingerprint density at radius 1 is 1.73 bits per heavy atom. The van der Waals surface area contributed by atoms with E-state index in [9.17, 15) is 4.79 Å². The third-order valence-corrected chi connectivity index (χ3v) is 3.86. The fourth-order valence-electron chi connectivity index (χ4n) is 1.53. The molecule has 3 nitrogen and oxygen atoms in total. The van der Waals surface area contributed by atoms with Crippen LogP contribution in [0.15, 0.2) is 15.2 Å². The van der Waals surface area contributed by atoms with Gasteiger partial charge in [-0.3, -0.25) is 4.79 Å². The van der Waals surface area contributed by atoms with Crippen molar-refractivity contribution in [1.29, 1.82) is 0 Å². The summed E-state index contributed by atoms with van der Waals surface area (Å²) < 4.78 is 6.38. The highest BCUT2D eigenvalue weighted by atomic mass is 79.9. The molecule has 1 amide bonds. The van der Waals surface area contributed by atoms with Crippen molar-refractivity contribution in [2.75, 3.05) is 6.61 Å². The minimum absolute atomic E-state index is 0.00909. The minimum atomic E-state index is -0.230. The van der Waals surface area contributed by atoms with Crippen LogP contribution in [0, 0.1) is 0 Å². The lowest BCUT2D eigenvalue weighted by atomic mass is 10.2. The molecule has 2 heterocycles. The minimum Gasteiger partial charge on any atom is -0.368 e. The van der Waals surface area contributed by atoms with Crippen LogP contribution in [-0.4, -0.2) is 18.6 Å². The van der Waals surface area contributed by atoms with E-state index in [-0.39, 0.29) is 12.0 Å². The highest BCUT2D eigenvalue weighted by Crippen LogP contribution is 2.20. The number of amides is 1. The second kappa shape index (κ2) is 5.09. The van der Waals surface area contributed by atoms with E-state index in [1.165, 1.54) is 0 Å². The second-order valence-corrected chi connectivity index (χ2v) is 5.77. The molecule has 0 aromatic carbocycles. The first-order chi connectivity index (χ1) is 7.25. The van der Waals surface area contributed by atoms with Crippen molar-refractivity contribution in [3.05, 3.63) is 20.8 Å². The number of halogens is 1. The van der Waals surface area contributed by atoms with Gasteiger partial charge in [0.1, 0.15) is 6.10 Å². The quantitative estimate of drug-likeness (QED) is 0.927. The van der Waals surface area contributed by atoms with Crippen molar-refractivity contribution in [2.45, 2.75) is 25.5 Å². The monoisotopic (exact) mass is 289 g/mol. The third kappa shape index (κ3) is 3.03. The van der Waals surface area contributed by atoms with Crippen LogP contribution < -0.4 is 5.32 Å². The average Bonchev–Trinajstić information content (AvgIpc) is 2.84. The summed E-state index contributed by atoms with van der Waals surface area (Å²) in [5.74, 6) is 0.00909. The van der Waals surface area contributed by atoms with Crippen molar-refractivity contribution in [1.82, 2.24) is 5.32 Å². The standard InChI is InChI=1S/C10H12BrNO2S/c11-9-4-7(6-15-9)5-12-10(13)8-2-1-3-14-8/h4,6,8H,1-3,5H2,(H,12,13). The Bertz CT molecular complexity index is 347. The summed E-state index contributed by atoms with van der Waals surface area (Å²) in [6.07, 6.45) is 1.61. The number of nitrogens with one attached hydrogen (secondary N) is 1. The summed E-state index contributed by atoms with van der Waals surface area (Å²) in [6.45, 7) is 1.29. The summed E-state index contributed by atoms with van der Waals surface area (Å²) in [4.78, 5) is 11.6. The van der Waals surface area contributed by atoms with Crippen LogP contribution in [0.3, 0.4) is 0 Å². The molecule has 0 radical (unpaired) electrons. The Balaban J connectivity index is 1.80. The molecule has 1 N–H and O–H groups in total. The van der Waals surface area contributed by atoms with Gasteiger partial charge in [0.15, 0.2) is 0 Å². The van der Waals surface area contributed by atoms with E-state index in [0.29, 0.717) is 13.2 Å². The van der Waals surface area contributed by atoms with E-state index in [0.717, 1.165) is 22.2 Å². The Kier molecular flexibility index (Phi) is 3.77. The third-order valence-electron chi connectivity index (χ3n) is 2.31. The molecule has 0 saturated carbocycles. The normalized spacial score (nSPS) is 20.5. The first-order valence-corrected chi connectivity index (χ1v) is 6.55. The van der Waals surface area contributed by atoms with E-state index in [2.05, 4.69) is 21.2 Å². The van der Waals surface area contributed by atoms with Crippen LogP contribution in [0.25, 0.3) is 0 Å². The predicted molar refractivity (Wildman–Crippen MR) is 62.8 cm³/mol. The zero-order chi connectivity index (χ0) is 10.7. The highest BCUT2D eigenvalue weighted by molar-refractivity contribution is 9.11. The van der Waals surface area contributed by atoms with E-state index in [1.807, 2.05) is 11.4 Å². The molecule has 2 rings (SSSR count). The number of thiophene rings is 1. The lowest BCUT2D eigenvalue weighted by molar-refractivity contribution is -0.130. The molecule has 0 aliphatic carbocycles. The molecule has 1 unspecified atom stereocenters. The summed E-state index contributed by atoms with van der Waals surface area (Å²) in [5.41, 5.74) is 1.12. The van der Waals surface area contributed by atoms with E-state index in [4.69, 9.17) is 4.74 Å². The maximum absolute atomic E-state index is 11.6. The van der Waals surface area contributed by atoms with Gasteiger partial charge in [-0.25, -0.2) is 0 Å². The molecular weight excluding hydrogens is 278 g/mol. The van der Waals surface area contributed by atoms with Crippen LogP contribution in [0.4, 0.5) is 0 Å². The van der Waals surface area contributed by atoms with Gasteiger partial charge in [0, 0.05) is 13.2 Å². The van der Waals surface area contributed by atoms with Crippen molar-refractivity contribution >= 4 is 33.2 Å². The largest absolute Gasteiger partial charge is 0.368 e. The number of ether oxygens (including phenoxy) is 1. The van der Waals surface area contributed by atoms with Crippen molar-refractivity contribution < 1.29 is 9.53 Å². The smallest absolute Gasteiger partial charge is 0.249 e. The van der Waals surface area contributed by atoms with E-state index in [1.54, 1.807) is 11.3 Å². The molecule has 15 heavy (non-hydrogen) atoms. The van der Waals surface area contributed by atoms with Gasteiger partial charge in [-0.05, 0) is 45.8 Å². The maximum atomic E-state index is 11.6. The first kappa shape index (κ1) is 11.1. The molecule has 1 aromatic heterocycles. The number of carbonyl (C=O) groups is 1. The molecule has 1 aliphatic heterocycles. The number of rotatable bonds is 3. The summed E-state index contributed by atoms with van der Waals surface area (Å²) in [7, 11) is 0. The van der Waals surface area contributed by atoms with E-state index >= 15 is 0 Å². The molecule has 1 aliphatic rings. The number of hydrogen-bond acceptors (Lipinski definition) is 3. The second-order valence-electron chi connectivity index (χ2n) is 3.48. The summed E-state index contributed by atoms with van der Waals surface area (Å²) >= 11 is 5.01. The Labute approximate surface area is 101 Å². The Hall–Kier alpha value is -0.390. The van der Waals surface area contributed by atoms with Crippen LogP contribution in [0.1, 0.15) is 18.4 Å². The molecule has 1 fully saturated rings. The fourth-order valence-corrected chi connectivity index (χ4v) is 2.74. The molecule has 5 heteroatoms. The zero-order valence-corrected chi connectivity index (χ0v) is 10.6. The SMILES string of the molecule is O=C(NCc1csc(Br)c1)C1CCCO1. The highest BCUT2D eigenvalue weighted by Gasteiger charge is 2.22. The average molecular weight is 290 g/mol. The number of carbonyl (C=O) groups excluding carboxylic acids is 1. The van der Waals surface area contributed by atoms with Gasteiger partial charge in [-0.1, -0.05) is 0 Å². The van der Waals surface area contributed by atoms with Gasteiger partial charge >= 0.3 is 0 Å². The molecule has 1 saturated heterocycles. The van der Waals surface area contributed by atoms with Crippen LogP contribution in [0.2, 0.25) is 0 Å². The summed E-state index contributed by atoms with van der Waals surface area (Å²) in [5, 5.41) is 4.90. The van der Waals surface area contributed by atoms with Crippen molar-refractivity contribution in [2.24, 2.45) is 0 Å². The fraction of sp³-hybridized carbons (Fsp3) is 0.500. The first-order valence-electron chi connectivity index (χ1n) is 4.88. The molecule has 0 spiro atoms. The van der Waals surface area contributed by atoms with Gasteiger partial charge in [-0.2, -0.15) is 0 Å². The topological polar surface area (TPSA) is 38.3 Å². The number of hydrogen-bond donors (Lipinski definition) is 1. The molecule has 1 aromatic rings. The van der Waals surface area contributed by atoms with Crippen LogP contribution >= 0.6 is 27.3 Å². The van der Waals surface area contributed by atoms with Crippen molar-refractivity contribution in [3.63, 3.8) is 0 Å². The maximum Gasteiger partial charge on any atom is 0.249 e.